The van der Waals surface area contributed by atoms with Crippen LogP contribution >= 0.6 is 0 Å². The van der Waals surface area contributed by atoms with Crippen LogP contribution in [0.5, 0.6) is 0 Å². The van der Waals surface area contributed by atoms with E-state index in [9.17, 15) is 4.79 Å². The maximum atomic E-state index is 12.4. The number of para-hydroxylation sites is 1. The standard InChI is InChI=1S/C14H12N4OSe/c1-15-10-6-3-2-5-9(10)14(19)16-11-7-4-8-12-13(11)18-20-17-12/h2-8,15H,1H3,(H,16,19). The van der Waals surface area contributed by atoms with Gasteiger partial charge < -0.3 is 0 Å². The quantitative estimate of drug-likeness (QED) is 0.720. The van der Waals surface area contributed by atoms with Crippen LogP contribution in [0.15, 0.2) is 42.5 Å². The van der Waals surface area contributed by atoms with Crippen molar-refractivity contribution in [2.24, 2.45) is 0 Å². The van der Waals surface area contributed by atoms with Crippen molar-refractivity contribution in [1.29, 1.82) is 0 Å². The number of anilines is 2. The van der Waals surface area contributed by atoms with Crippen LogP contribution in [0.25, 0.3) is 11.0 Å². The Bertz CT molecular complexity index is 768. The molecule has 0 unspecified atom stereocenters. The fraction of sp³-hybridized carbons (Fsp3) is 0.0714. The van der Waals surface area contributed by atoms with Gasteiger partial charge in [0.2, 0.25) is 0 Å². The summed E-state index contributed by atoms with van der Waals surface area (Å²) in [4.78, 5) is 12.4. The first-order chi connectivity index (χ1) is 9.79. The molecular weight excluding hydrogens is 319 g/mol. The predicted octanol–water partition coefficient (Wildman–Crippen LogP) is 1.98. The Morgan fingerprint density at radius 3 is 2.70 bits per heavy atom. The number of nitrogens with zero attached hydrogens (tertiary/aromatic N) is 2. The summed E-state index contributed by atoms with van der Waals surface area (Å²) in [6, 6.07) is 13.0. The summed E-state index contributed by atoms with van der Waals surface area (Å²) in [5, 5.41) is 5.93. The van der Waals surface area contributed by atoms with Gasteiger partial charge in [-0.2, -0.15) is 0 Å². The first kappa shape index (κ1) is 12.8. The Morgan fingerprint density at radius 2 is 1.85 bits per heavy atom. The van der Waals surface area contributed by atoms with Crippen LogP contribution in [-0.4, -0.2) is 35.9 Å². The van der Waals surface area contributed by atoms with Gasteiger partial charge in [-0.3, -0.25) is 0 Å². The third-order valence-corrected chi connectivity index (χ3v) is 4.11. The van der Waals surface area contributed by atoms with Crippen molar-refractivity contribution in [2.75, 3.05) is 17.7 Å². The van der Waals surface area contributed by atoms with Crippen LogP contribution in [-0.2, 0) is 0 Å². The van der Waals surface area contributed by atoms with E-state index >= 15 is 0 Å². The Balaban J connectivity index is 1.95. The monoisotopic (exact) mass is 332 g/mol. The van der Waals surface area contributed by atoms with Gasteiger partial charge in [0.05, 0.1) is 0 Å². The van der Waals surface area contributed by atoms with E-state index in [-0.39, 0.29) is 20.9 Å². The molecule has 0 aliphatic rings. The second kappa shape index (κ2) is 5.44. The number of carbonyl (C=O) groups excluding carboxylic acids is 1. The zero-order valence-electron chi connectivity index (χ0n) is 10.8. The van der Waals surface area contributed by atoms with Crippen LogP contribution in [0.1, 0.15) is 10.4 Å². The summed E-state index contributed by atoms with van der Waals surface area (Å²) >= 11 is -0.105. The van der Waals surface area contributed by atoms with Crippen molar-refractivity contribution < 1.29 is 4.79 Å². The number of aromatic nitrogens is 2. The molecule has 0 fully saturated rings. The Hall–Kier alpha value is -2.17. The van der Waals surface area contributed by atoms with Crippen molar-refractivity contribution >= 4 is 43.3 Å². The molecule has 0 saturated heterocycles. The van der Waals surface area contributed by atoms with Crippen molar-refractivity contribution in [3.8, 4) is 0 Å². The molecule has 1 heterocycles. The third-order valence-electron chi connectivity index (χ3n) is 2.98. The minimum absolute atomic E-state index is 0.105. The Labute approximate surface area is 122 Å². The van der Waals surface area contributed by atoms with Gasteiger partial charge in [0.25, 0.3) is 0 Å². The van der Waals surface area contributed by atoms with Crippen molar-refractivity contribution in [3.05, 3.63) is 48.0 Å². The number of amides is 1. The second-order valence-corrected chi connectivity index (χ2v) is 5.30. The van der Waals surface area contributed by atoms with Crippen LogP contribution in [0.4, 0.5) is 11.4 Å². The predicted molar refractivity (Wildman–Crippen MR) is 80.4 cm³/mol. The van der Waals surface area contributed by atoms with E-state index in [1.54, 1.807) is 13.1 Å². The minimum atomic E-state index is -0.155. The molecular formula is C14H12N4OSe. The summed E-state index contributed by atoms with van der Waals surface area (Å²) in [5.41, 5.74) is 3.74. The Kier molecular flexibility index (Phi) is 3.50. The van der Waals surface area contributed by atoms with Gasteiger partial charge in [0, 0.05) is 0 Å². The molecule has 0 atom stereocenters. The van der Waals surface area contributed by atoms with Gasteiger partial charge in [0.15, 0.2) is 0 Å². The summed E-state index contributed by atoms with van der Waals surface area (Å²) in [6.45, 7) is 0. The number of hydrogen-bond donors (Lipinski definition) is 2. The number of nitrogens with one attached hydrogen (secondary N) is 2. The van der Waals surface area contributed by atoms with Crippen molar-refractivity contribution in [3.63, 3.8) is 0 Å². The van der Waals surface area contributed by atoms with Gasteiger partial charge in [-0.1, -0.05) is 0 Å². The number of hydrogen-bond acceptors (Lipinski definition) is 4. The fourth-order valence-electron chi connectivity index (χ4n) is 2.00. The Morgan fingerprint density at radius 1 is 1.05 bits per heavy atom. The van der Waals surface area contributed by atoms with Gasteiger partial charge in [-0.15, -0.1) is 0 Å². The van der Waals surface area contributed by atoms with Gasteiger partial charge in [0.1, 0.15) is 0 Å². The molecule has 0 bridgehead atoms. The molecule has 2 aromatic carbocycles. The molecule has 1 amide bonds. The summed E-state index contributed by atoms with van der Waals surface area (Å²) in [7, 11) is 1.79. The van der Waals surface area contributed by atoms with Crippen molar-refractivity contribution in [2.45, 2.75) is 0 Å². The molecule has 3 aromatic rings. The number of rotatable bonds is 3. The molecule has 6 heteroatoms. The summed E-state index contributed by atoms with van der Waals surface area (Å²) in [6.07, 6.45) is 0. The summed E-state index contributed by atoms with van der Waals surface area (Å²) < 4.78 is 8.66. The van der Waals surface area contributed by atoms with E-state index in [0.717, 1.165) is 16.7 Å². The van der Waals surface area contributed by atoms with Gasteiger partial charge in [-0.25, -0.2) is 0 Å². The molecule has 0 saturated carbocycles. The molecule has 20 heavy (non-hydrogen) atoms. The molecule has 1 aromatic heterocycles. The first-order valence-electron chi connectivity index (χ1n) is 6.09. The van der Waals surface area contributed by atoms with E-state index in [1.807, 2.05) is 36.4 Å². The maximum absolute atomic E-state index is 12.4. The second-order valence-electron chi connectivity index (χ2n) is 4.19. The average molecular weight is 331 g/mol. The molecule has 0 radical (unpaired) electrons. The topological polar surface area (TPSA) is 66.9 Å². The fourth-order valence-corrected chi connectivity index (χ4v) is 3.15. The van der Waals surface area contributed by atoms with Crippen molar-refractivity contribution in [1.82, 2.24) is 7.96 Å². The van der Waals surface area contributed by atoms with E-state index in [1.165, 1.54) is 0 Å². The molecule has 5 nitrogen and oxygen atoms in total. The zero-order valence-corrected chi connectivity index (χ0v) is 12.5. The van der Waals surface area contributed by atoms with Crippen LogP contribution in [0, 0.1) is 0 Å². The zero-order chi connectivity index (χ0) is 13.9. The van der Waals surface area contributed by atoms with Gasteiger partial charge >= 0.3 is 122 Å². The average Bonchev–Trinajstić information content (AvgIpc) is 2.96. The van der Waals surface area contributed by atoms with Crippen LogP contribution in [0.2, 0.25) is 0 Å². The molecule has 0 aliphatic carbocycles. The summed E-state index contributed by atoms with van der Waals surface area (Å²) in [5.74, 6) is -0.155. The van der Waals surface area contributed by atoms with Crippen LogP contribution < -0.4 is 10.6 Å². The SMILES string of the molecule is CNc1ccccc1C(=O)Nc1cccc2n[se]nc12. The molecule has 0 aliphatic heterocycles. The van der Waals surface area contributed by atoms with Crippen LogP contribution in [0.3, 0.4) is 0 Å². The van der Waals surface area contributed by atoms with E-state index < -0.39 is 0 Å². The van der Waals surface area contributed by atoms with E-state index in [2.05, 4.69) is 18.6 Å². The first-order valence-corrected chi connectivity index (χ1v) is 7.62. The molecule has 3 rings (SSSR count). The number of fused-ring (bicyclic) bond motifs is 1. The van der Waals surface area contributed by atoms with E-state index in [4.69, 9.17) is 0 Å². The number of benzene rings is 2. The van der Waals surface area contributed by atoms with E-state index in [0.29, 0.717) is 11.3 Å². The molecule has 2 N–H and O–H groups in total. The normalized spacial score (nSPS) is 10.4. The van der Waals surface area contributed by atoms with Gasteiger partial charge in [-0.05, 0) is 0 Å². The molecule has 0 spiro atoms. The third kappa shape index (κ3) is 2.31. The molecule has 100 valence electrons. The number of carbonyl (C=O) groups is 1.